The second-order valence-corrected chi connectivity index (χ2v) is 5.83. The molecule has 0 aliphatic heterocycles. The molecule has 5 nitrogen and oxygen atoms in total. The fraction of sp³-hybridized carbons (Fsp3) is 0.529. The summed E-state index contributed by atoms with van der Waals surface area (Å²) in [5.74, 6) is -1.11. The number of nitrogens with zero attached hydrogens (tertiary/aromatic N) is 1. The molecule has 122 valence electrons. The quantitative estimate of drug-likeness (QED) is 0.839. The van der Waals surface area contributed by atoms with E-state index in [4.69, 9.17) is 4.74 Å². The number of hydrogen-bond donors (Lipinski definition) is 1. The summed E-state index contributed by atoms with van der Waals surface area (Å²) in [5.41, 5.74) is 1.02. The van der Waals surface area contributed by atoms with Crippen LogP contribution in [0.4, 0.5) is 4.79 Å². The summed E-state index contributed by atoms with van der Waals surface area (Å²) >= 11 is 0. The number of ether oxygens (including phenoxy) is 1. The van der Waals surface area contributed by atoms with Gasteiger partial charge in [0.2, 0.25) is 6.10 Å². The fourth-order valence-corrected chi connectivity index (χ4v) is 2.38. The molecule has 0 saturated carbocycles. The van der Waals surface area contributed by atoms with Crippen molar-refractivity contribution in [2.24, 2.45) is 0 Å². The molecule has 0 aromatic heterocycles. The summed E-state index contributed by atoms with van der Waals surface area (Å²) in [6.07, 6.45) is -0.901. The number of carbonyl (C=O) groups excluding carboxylic acids is 1. The smallest absolute Gasteiger partial charge is 0.411 e. The number of benzene rings is 1. The second-order valence-electron chi connectivity index (χ2n) is 5.83. The maximum absolute atomic E-state index is 12.2. The van der Waals surface area contributed by atoms with Gasteiger partial charge in [-0.2, -0.15) is 0 Å². The van der Waals surface area contributed by atoms with Crippen LogP contribution >= 0.6 is 0 Å². The maximum atomic E-state index is 12.2. The summed E-state index contributed by atoms with van der Waals surface area (Å²) in [5, 5.41) is 9.26. The molecule has 1 N–H and O–H groups in total. The highest BCUT2D eigenvalue weighted by Crippen LogP contribution is 2.13. The highest BCUT2D eigenvalue weighted by molar-refractivity contribution is 5.77. The second kappa shape index (κ2) is 8.41. The highest BCUT2D eigenvalue weighted by atomic mass is 16.6. The molecule has 1 amide bonds. The molecular weight excluding hydrogens is 282 g/mol. The molecule has 0 saturated heterocycles. The molecule has 1 rings (SSSR count). The fourth-order valence-electron chi connectivity index (χ4n) is 2.38. The molecule has 0 spiro atoms. The van der Waals surface area contributed by atoms with Gasteiger partial charge in [0, 0.05) is 12.1 Å². The van der Waals surface area contributed by atoms with Crippen molar-refractivity contribution in [3.05, 3.63) is 35.9 Å². The van der Waals surface area contributed by atoms with E-state index in [0.29, 0.717) is 6.42 Å². The van der Waals surface area contributed by atoms with Gasteiger partial charge in [-0.05, 0) is 46.1 Å². The minimum absolute atomic E-state index is 0.0453. The van der Waals surface area contributed by atoms with Crippen molar-refractivity contribution >= 4 is 12.1 Å². The molecule has 0 fully saturated rings. The maximum Gasteiger partial charge on any atom is 0.411 e. The predicted octanol–water partition coefficient (Wildman–Crippen LogP) is 3.33. The van der Waals surface area contributed by atoms with Gasteiger partial charge in [0.15, 0.2) is 0 Å². The monoisotopic (exact) mass is 307 g/mol. The first-order valence-corrected chi connectivity index (χ1v) is 7.58. The van der Waals surface area contributed by atoms with Crippen LogP contribution in [0.15, 0.2) is 30.3 Å². The van der Waals surface area contributed by atoms with E-state index < -0.39 is 18.2 Å². The van der Waals surface area contributed by atoms with Crippen molar-refractivity contribution in [2.45, 2.75) is 58.7 Å². The zero-order valence-electron chi connectivity index (χ0n) is 13.7. The molecule has 1 aromatic carbocycles. The Labute approximate surface area is 131 Å². The van der Waals surface area contributed by atoms with Crippen LogP contribution in [0.2, 0.25) is 0 Å². The molecule has 1 atom stereocenters. The van der Waals surface area contributed by atoms with Gasteiger partial charge in [0.25, 0.3) is 0 Å². The van der Waals surface area contributed by atoms with Crippen molar-refractivity contribution in [1.29, 1.82) is 0 Å². The number of carbonyl (C=O) groups is 2. The summed E-state index contributed by atoms with van der Waals surface area (Å²) in [6.45, 7) is 7.50. The van der Waals surface area contributed by atoms with E-state index in [9.17, 15) is 14.7 Å². The SMILES string of the molecule is CC(C)N(C(=O)O[C@@H](CCc1ccccc1)C(=O)O)C(C)C. The third-order valence-electron chi connectivity index (χ3n) is 3.38. The van der Waals surface area contributed by atoms with E-state index in [1.54, 1.807) is 4.90 Å². The van der Waals surface area contributed by atoms with E-state index >= 15 is 0 Å². The Hall–Kier alpha value is -2.04. The normalized spacial score (nSPS) is 12.3. The van der Waals surface area contributed by atoms with Gasteiger partial charge < -0.3 is 14.7 Å². The molecule has 0 heterocycles. The van der Waals surface area contributed by atoms with Crippen LogP contribution in [0.1, 0.15) is 39.7 Å². The van der Waals surface area contributed by atoms with Gasteiger partial charge in [0.05, 0.1) is 0 Å². The van der Waals surface area contributed by atoms with Crippen molar-refractivity contribution < 1.29 is 19.4 Å². The van der Waals surface area contributed by atoms with E-state index in [1.807, 2.05) is 58.0 Å². The van der Waals surface area contributed by atoms with Gasteiger partial charge >= 0.3 is 12.1 Å². The van der Waals surface area contributed by atoms with Crippen molar-refractivity contribution in [3.63, 3.8) is 0 Å². The van der Waals surface area contributed by atoms with E-state index in [1.165, 1.54) is 0 Å². The Morgan fingerprint density at radius 3 is 2.09 bits per heavy atom. The van der Waals surface area contributed by atoms with Gasteiger partial charge in [-0.3, -0.25) is 0 Å². The number of aryl methyl sites for hydroxylation is 1. The lowest BCUT2D eigenvalue weighted by atomic mass is 10.1. The number of amides is 1. The van der Waals surface area contributed by atoms with Gasteiger partial charge in [-0.15, -0.1) is 0 Å². The number of rotatable bonds is 7. The molecule has 0 unspecified atom stereocenters. The predicted molar refractivity (Wildman–Crippen MR) is 84.8 cm³/mol. The van der Waals surface area contributed by atoms with Crippen LogP contribution < -0.4 is 0 Å². The van der Waals surface area contributed by atoms with Crippen molar-refractivity contribution in [3.8, 4) is 0 Å². The van der Waals surface area contributed by atoms with Crippen LogP contribution in [-0.4, -0.2) is 40.3 Å². The Balaban J connectivity index is 2.67. The molecular formula is C17H25NO4. The molecule has 0 bridgehead atoms. The van der Waals surface area contributed by atoms with Crippen molar-refractivity contribution in [2.75, 3.05) is 0 Å². The van der Waals surface area contributed by atoms with Gasteiger partial charge in [-0.1, -0.05) is 30.3 Å². The average Bonchev–Trinajstić information content (AvgIpc) is 2.43. The van der Waals surface area contributed by atoms with E-state index in [0.717, 1.165) is 5.56 Å². The average molecular weight is 307 g/mol. The van der Waals surface area contributed by atoms with E-state index in [-0.39, 0.29) is 18.5 Å². The summed E-state index contributed by atoms with van der Waals surface area (Å²) in [6, 6.07) is 9.46. The molecule has 0 aliphatic carbocycles. The summed E-state index contributed by atoms with van der Waals surface area (Å²) in [4.78, 5) is 25.1. The van der Waals surface area contributed by atoms with Crippen LogP contribution in [0.3, 0.4) is 0 Å². The Bertz CT molecular complexity index is 477. The largest absolute Gasteiger partial charge is 0.479 e. The molecule has 5 heteroatoms. The Kier molecular flexibility index (Phi) is 6.89. The number of carboxylic acids is 1. The third-order valence-corrected chi connectivity index (χ3v) is 3.38. The zero-order chi connectivity index (χ0) is 16.7. The molecule has 0 radical (unpaired) electrons. The highest BCUT2D eigenvalue weighted by Gasteiger charge is 2.28. The number of hydrogen-bond acceptors (Lipinski definition) is 3. The van der Waals surface area contributed by atoms with Crippen LogP contribution in [-0.2, 0) is 16.0 Å². The lowest BCUT2D eigenvalue weighted by Gasteiger charge is -2.30. The lowest BCUT2D eigenvalue weighted by molar-refractivity contribution is -0.147. The minimum Gasteiger partial charge on any atom is -0.479 e. The summed E-state index contributed by atoms with van der Waals surface area (Å²) in [7, 11) is 0. The first-order valence-electron chi connectivity index (χ1n) is 7.58. The number of aliphatic carboxylic acids is 1. The zero-order valence-corrected chi connectivity index (χ0v) is 13.7. The van der Waals surface area contributed by atoms with Crippen LogP contribution in [0.25, 0.3) is 0 Å². The first kappa shape index (κ1) is 18.0. The Morgan fingerprint density at radius 1 is 1.09 bits per heavy atom. The molecule has 1 aromatic rings. The summed E-state index contributed by atoms with van der Waals surface area (Å²) < 4.78 is 5.21. The van der Waals surface area contributed by atoms with Gasteiger partial charge in [0.1, 0.15) is 0 Å². The standard InChI is InChI=1S/C17H25NO4/c1-12(2)18(13(3)4)17(21)22-15(16(19)20)11-10-14-8-6-5-7-9-14/h5-9,12-13,15H,10-11H2,1-4H3,(H,19,20)/t15-/m0/s1. The minimum atomic E-state index is -1.13. The lowest BCUT2D eigenvalue weighted by Crippen LogP contribution is -2.44. The number of carboxylic acid groups (broad SMARTS) is 1. The van der Waals surface area contributed by atoms with Gasteiger partial charge in [-0.25, -0.2) is 9.59 Å². The molecule has 0 aliphatic rings. The Morgan fingerprint density at radius 2 is 1.64 bits per heavy atom. The van der Waals surface area contributed by atoms with Crippen molar-refractivity contribution in [1.82, 2.24) is 4.90 Å². The topological polar surface area (TPSA) is 66.8 Å². The first-order chi connectivity index (χ1) is 10.3. The van der Waals surface area contributed by atoms with Crippen LogP contribution in [0.5, 0.6) is 0 Å². The molecule has 22 heavy (non-hydrogen) atoms. The van der Waals surface area contributed by atoms with Crippen LogP contribution in [0, 0.1) is 0 Å². The van der Waals surface area contributed by atoms with E-state index in [2.05, 4.69) is 0 Å². The third kappa shape index (κ3) is 5.39.